The Morgan fingerprint density at radius 3 is 2.55 bits per heavy atom. The summed E-state index contributed by atoms with van der Waals surface area (Å²) in [4.78, 5) is 23.2. The molecule has 0 atom stereocenters. The fourth-order valence-corrected chi connectivity index (χ4v) is 7.39. The lowest BCUT2D eigenvalue weighted by molar-refractivity contribution is -0.384. The fraction of sp³-hybridized carbons (Fsp3) is 0.542. The lowest BCUT2D eigenvalue weighted by Crippen LogP contribution is -2.49. The van der Waals surface area contributed by atoms with Crippen molar-refractivity contribution in [3.8, 4) is 0 Å². The van der Waals surface area contributed by atoms with Gasteiger partial charge in [-0.05, 0) is 68.8 Å². The molecule has 4 fully saturated rings. The highest BCUT2D eigenvalue weighted by atomic mass is 32.2. The van der Waals surface area contributed by atoms with Gasteiger partial charge in [0.2, 0.25) is 5.91 Å². The minimum Gasteiger partial charge on any atom is -0.325 e. The molecular weight excluding hydrogens is 438 g/mol. The highest BCUT2D eigenvalue weighted by molar-refractivity contribution is 7.99. The molecule has 1 amide bonds. The van der Waals surface area contributed by atoms with Crippen molar-refractivity contribution in [1.29, 1.82) is 0 Å². The predicted octanol–water partition coefficient (Wildman–Crippen LogP) is 4.88. The van der Waals surface area contributed by atoms with Crippen LogP contribution in [-0.4, -0.2) is 31.3 Å². The number of benzene rings is 1. The van der Waals surface area contributed by atoms with E-state index in [1.54, 1.807) is 6.07 Å². The second-order valence-corrected chi connectivity index (χ2v) is 10.9. The van der Waals surface area contributed by atoms with E-state index in [-0.39, 0.29) is 22.8 Å². The quantitative estimate of drug-likeness (QED) is 0.257. The zero-order valence-corrected chi connectivity index (χ0v) is 19.6. The van der Waals surface area contributed by atoms with Crippen molar-refractivity contribution < 1.29 is 9.72 Å². The van der Waals surface area contributed by atoms with E-state index in [1.165, 1.54) is 62.4 Å². The van der Waals surface area contributed by atoms with Crippen LogP contribution in [0.4, 0.5) is 11.4 Å². The zero-order chi connectivity index (χ0) is 23.2. The lowest BCUT2D eigenvalue weighted by atomic mass is 9.49. The van der Waals surface area contributed by atoms with Crippen LogP contribution in [0.3, 0.4) is 0 Å². The Bertz CT molecular complexity index is 1080. The van der Waals surface area contributed by atoms with Crippen molar-refractivity contribution in [3.63, 3.8) is 0 Å². The van der Waals surface area contributed by atoms with Crippen LogP contribution < -0.4 is 5.32 Å². The van der Waals surface area contributed by atoms with Crippen molar-refractivity contribution in [2.45, 2.75) is 62.6 Å². The molecule has 4 saturated carbocycles. The molecule has 4 aliphatic rings. The smallest absolute Gasteiger partial charge is 0.271 e. The number of carbonyl (C=O) groups excluding carboxylic acids is 1. The molecule has 6 rings (SSSR count). The number of nitrogens with one attached hydrogen (secondary N) is 1. The molecule has 2 aromatic rings. The normalized spacial score (nSPS) is 27.5. The van der Waals surface area contributed by atoms with Gasteiger partial charge in [0, 0.05) is 24.1 Å². The first kappa shape index (κ1) is 22.1. The summed E-state index contributed by atoms with van der Waals surface area (Å²) in [7, 11) is 0. The number of hydrogen-bond acceptors (Lipinski definition) is 6. The van der Waals surface area contributed by atoms with Gasteiger partial charge in [-0.3, -0.25) is 14.9 Å². The maximum absolute atomic E-state index is 12.6. The van der Waals surface area contributed by atoms with Crippen LogP contribution in [0.1, 0.15) is 49.9 Å². The molecule has 1 N–H and O–H groups in total. The van der Waals surface area contributed by atoms with Gasteiger partial charge in [0.15, 0.2) is 5.16 Å². The summed E-state index contributed by atoms with van der Waals surface area (Å²) in [5.74, 6) is 3.42. The zero-order valence-electron chi connectivity index (χ0n) is 18.8. The van der Waals surface area contributed by atoms with Crippen molar-refractivity contribution in [1.82, 2.24) is 14.8 Å². The predicted molar refractivity (Wildman–Crippen MR) is 127 cm³/mol. The number of carbonyl (C=O) groups is 1. The summed E-state index contributed by atoms with van der Waals surface area (Å²) in [6.45, 7) is 6.36. The Hall–Kier alpha value is -2.68. The number of non-ortho nitro benzene ring substituents is 1. The average molecular weight is 468 g/mol. The molecule has 174 valence electrons. The number of hydrogen-bond donors (Lipinski definition) is 1. The molecule has 1 aromatic carbocycles. The van der Waals surface area contributed by atoms with Gasteiger partial charge in [-0.15, -0.1) is 16.8 Å². The van der Waals surface area contributed by atoms with E-state index < -0.39 is 4.92 Å². The maximum Gasteiger partial charge on any atom is 0.271 e. The molecule has 1 aromatic heterocycles. The van der Waals surface area contributed by atoms with Crippen LogP contribution >= 0.6 is 11.8 Å². The minimum atomic E-state index is -0.465. The Kier molecular flexibility index (Phi) is 5.76. The summed E-state index contributed by atoms with van der Waals surface area (Å²) in [6.07, 6.45) is 9.57. The van der Waals surface area contributed by atoms with Gasteiger partial charge < -0.3 is 9.88 Å². The van der Waals surface area contributed by atoms with Crippen molar-refractivity contribution >= 4 is 29.0 Å². The summed E-state index contributed by atoms with van der Waals surface area (Å²) >= 11 is 1.35. The lowest BCUT2D eigenvalue weighted by Gasteiger charge is -2.56. The second-order valence-electron chi connectivity index (χ2n) is 10.00. The summed E-state index contributed by atoms with van der Waals surface area (Å²) in [6, 6.07) is 4.46. The molecule has 0 spiro atoms. The number of anilines is 1. The number of nitro benzene ring substituents is 1. The number of allylic oxidation sites excluding steroid dienone is 1. The third-order valence-corrected chi connectivity index (χ3v) is 8.55. The maximum atomic E-state index is 12.6. The SMILES string of the molecule is C=CCn1c(SCC(=O)Nc2cc([N+](=O)[O-])ccc2C)nnc1C12CC3CC(CC(C3)C1)C2. The number of aromatic nitrogens is 3. The largest absolute Gasteiger partial charge is 0.325 e. The van der Waals surface area contributed by atoms with E-state index in [0.717, 1.165) is 34.3 Å². The van der Waals surface area contributed by atoms with Crippen LogP contribution in [0.25, 0.3) is 0 Å². The molecule has 0 aliphatic heterocycles. The number of aryl methyl sites for hydroxylation is 1. The molecule has 4 bridgehead atoms. The number of amides is 1. The summed E-state index contributed by atoms with van der Waals surface area (Å²) in [5, 5.41) is 23.7. The van der Waals surface area contributed by atoms with Crippen LogP contribution in [-0.2, 0) is 16.8 Å². The van der Waals surface area contributed by atoms with Gasteiger partial charge in [-0.2, -0.15) is 0 Å². The molecule has 9 heteroatoms. The monoisotopic (exact) mass is 467 g/mol. The third-order valence-electron chi connectivity index (χ3n) is 7.58. The second kappa shape index (κ2) is 8.59. The first-order valence-electron chi connectivity index (χ1n) is 11.6. The van der Waals surface area contributed by atoms with E-state index in [9.17, 15) is 14.9 Å². The molecule has 0 radical (unpaired) electrons. The van der Waals surface area contributed by atoms with E-state index >= 15 is 0 Å². The van der Waals surface area contributed by atoms with Gasteiger partial charge >= 0.3 is 0 Å². The highest BCUT2D eigenvalue weighted by Gasteiger charge is 2.53. The average Bonchev–Trinajstić information content (AvgIpc) is 3.16. The Balaban J connectivity index is 1.31. The van der Waals surface area contributed by atoms with Crippen LogP contribution in [0, 0.1) is 34.8 Å². The summed E-state index contributed by atoms with van der Waals surface area (Å²) in [5.41, 5.74) is 1.30. The highest BCUT2D eigenvalue weighted by Crippen LogP contribution is 2.60. The Morgan fingerprint density at radius 2 is 1.94 bits per heavy atom. The van der Waals surface area contributed by atoms with Crippen LogP contribution in [0.15, 0.2) is 36.0 Å². The number of thioether (sulfide) groups is 1. The molecule has 4 aliphatic carbocycles. The van der Waals surface area contributed by atoms with Crippen molar-refractivity contribution in [2.24, 2.45) is 17.8 Å². The molecular formula is C24H29N5O3S. The van der Waals surface area contributed by atoms with Gasteiger partial charge in [0.25, 0.3) is 5.69 Å². The molecule has 1 heterocycles. The first-order chi connectivity index (χ1) is 15.9. The van der Waals surface area contributed by atoms with Gasteiger partial charge in [-0.25, -0.2) is 0 Å². The topological polar surface area (TPSA) is 103 Å². The van der Waals surface area contributed by atoms with Crippen molar-refractivity contribution in [3.05, 3.63) is 52.4 Å². The van der Waals surface area contributed by atoms with Crippen molar-refractivity contribution in [2.75, 3.05) is 11.1 Å². The molecule has 33 heavy (non-hydrogen) atoms. The third kappa shape index (κ3) is 4.18. The van der Waals surface area contributed by atoms with Gasteiger partial charge in [0.05, 0.1) is 16.4 Å². The van der Waals surface area contributed by atoms with E-state index in [0.29, 0.717) is 12.2 Å². The number of rotatable bonds is 8. The first-order valence-corrected chi connectivity index (χ1v) is 12.6. The van der Waals surface area contributed by atoms with E-state index in [2.05, 4.69) is 26.7 Å². The fourth-order valence-electron chi connectivity index (χ4n) is 6.64. The van der Waals surface area contributed by atoms with Crippen LogP contribution in [0.5, 0.6) is 0 Å². The number of nitrogens with zero attached hydrogens (tertiary/aromatic N) is 4. The van der Waals surface area contributed by atoms with Gasteiger partial charge in [0.1, 0.15) is 5.82 Å². The van der Waals surface area contributed by atoms with Crippen LogP contribution in [0.2, 0.25) is 0 Å². The van der Waals surface area contributed by atoms with Gasteiger partial charge in [-0.1, -0.05) is 23.9 Å². The van der Waals surface area contributed by atoms with E-state index in [1.807, 2.05) is 13.0 Å². The summed E-state index contributed by atoms with van der Waals surface area (Å²) < 4.78 is 2.15. The Labute approximate surface area is 197 Å². The van der Waals surface area contributed by atoms with E-state index in [4.69, 9.17) is 0 Å². The molecule has 0 unspecified atom stereocenters. The molecule has 0 saturated heterocycles. The minimum absolute atomic E-state index is 0.0468. The molecule has 8 nitrogen and oxygen atoms in total. The Morgan fingerprint density at radius 1 is 1.27 bits per heavy atom. The standard InChI is InChI=1S/C24H29N5O3S/c1-3-6-28-22(24-11-16-7-17(12-24)9-18(8-16)13-24)26-27-23(28)33-14-21(30)25-20-10-19(29(31)32)5-4-15(20)2/h3-5,10,16-18H,1,6-9,11-14H2,2H3,(H,25,30). The number of nitro groups is 1.